The molecule has 0 fully saturated rings. The zero-order valence-electron chi connectivity index (χ0n) is 10.2. The molecule has 0 bridgehead atoms. The van der Waals surface area contributed by atoms with Gasteiger partial charge in [-0.25, -0.2) is 4.39 Å². The Hall–Kier alpha value is -1.39. The Balaban J connectivity index is 2.11. The number of hydrogen-bond donors (Lipinski definition) is 0. The van der Waals surface area contributed by atoms with Crippen LogP contribution in [0.4, 0.5) is 4.39 Å². The molecule has 94 valence electrons. The fraction of sp³-hybridized carbons (Fsp3) is 0.286. The molecule has 18 heavy (non-hydrogen) atoms. The van der Waals surface area contributed by atoms with Crippen LogP contribution in [0.5, 0.6) is 5.75 Å². The zero-order chi connectivity index (χ0) is 12.7. The molecule has 1 aliphatic rings. The molecule has 0 aliphatic carbocycles. The predicted molar refractivity (Wildman–Crippen MR) is 69.5 cm³/mol. The molecule has 1 atom stereocenters. The van der Waals surface area contributed by atoms with Crippen LogP contribution in [0.25, 0.3) is 10.4 Å². The van der Waals surface area contributed by atoms with E-state index < -0.39 is 0 Å². The molecule has 2 aromatic rings. The Bertz CT molecular complexity index is 591. The van der Waals surface area contributed by atoms with E-state index in [9.17, 15) is 4.39 Å². The molecule has 0 amide bonds. The van der Waals surface area contributed by atoms with Gasteiger partial charge >= 0.3 is 0 Å². The summed E-state index contributed by atoms with van der Waals surface area (Å²) in [6, 6.07) is 6.73. The quantitative estimate of drug-likeness (QED) is 0.811. The van der Waals surface area contributed by atoms with Crippen molar-refractivity contribution < 1.29 is 13.9 Å². The third-order valence-corrected chi connectivity index (χ3v) is 4.52. The molecular weight excluding hydrogens is 251 g/mol. The van der Waals surface area contributed by atoms with Crippen molar-refractivity contribution in [2.45, 2.75) is 19.6 Å². The Morgan fingerprint density at radius 2 is 2.22 bits per heavy atom. The van der Waals surface area contributed by atoms with Crippen LogP contribution in [0, 0.1) is 5.82 Å². The van der Waals surface area contributed by atoms with Crippen molar-refractivity contribution in [3.8, 4) is 16.2 Å². The van der Waals surface area contributed by atoms with Crippen LogP contribution >= 0.6 is 11.3 Å². The van der Waals surface area contributed by atoms with Crippen molar-refractivity contribution in [2.75, 3.05) is 7.11 Å². The number of thiophene rings is 1. The normalized spacial score (nSPS) is 14.6. The van der Waals surface area contributed by atoms with Crippen LogP contribution < -0.4 is 4.74 Å². The monoisotopic (exact) mass is 264 g/mol. The van der Waals surface area contributed by atoms with Gasteiger partial charge in [0.2, 0.25) is 0 Å². The van der Waals surface area contributed by atoms with Gasteiger partial charge < -0.3 is 9.47 Å². The highest BCUT2D eigenvalue weighted by Crippen LogP contribution is 2.44. The molecular formula is C14H13FO2S. The molecule has 0 saturated carbocycles. The molecule has 1 aromatic carbocycles. The maximum atomic E-state index is 13.3. The lowest BCUT2D eigenvalue weighted by Crippen LogP contribution is -2.02. The van der Waals surface area contributed by atoms with Crippen molar-refractivity contribution in [1.82, 2.24) is 0 Å². The Kier molecular flexibility index (Phi) is 2.84. The van der Waals surface area contributed by atoms with Gasteiger partial charge in [-0.1, -0.05) is 0 Å². The molecule has 4 heteroatoms. The Morgan fingerprint density at radius 1 is 1.39 bits per heavy atom. The average molecular weight is 264 g/mol. The summed E-state index contributed by atoms with van der Waals surface area (Å²) in [4.78, 5) is 2.23. The standard InChI is InChI=1S/C14H13FO2S/c1-8(16-2)13-5-9-7-17-12-4-3-10(15)6-11(12)14(9)18-13/h3-6,8H,7H2,1-2H3. The van der Waals surface area contributed by atoms with Crippen LogP contribution in [-0.2, 0) is 11.3 Å². The molecule has 2 heterocycles. The Morgan fingerprint density at radius 3 is 3.00 bits per heavy atom. The maximum Gasteiger partial charge on any atom is 0.128 e. The molecule has 0 radical (unpaired) electrons. The number of ether oxygens (including phenoxy) is 2. The number of rotatable bonds is 2. The van der Waals surface area contributed by atoms with E-state index in [-0.39, 0.29) is 11.9 Å². The molecule has 0 saturated heterocycles. The van der Waals surface area contributed by atoms with E-state index in [0.717, 1.165) is 26.6 Å². The SMILES string of the molecule is COC(C)c1cc2c(s1)-c1cc(F)ccc1OC2. The van der Waals surface area contributed by atoms with Gasteiger partial charge in [-0.3, -0.25) is 0 Å². The first-order chi connectivity index (χ1) is 8.69. The molecule has 0 N–H and O–H groups in total. The van der Waals surface area contributed by atoms with Crippen LogP contribution in [0.15, 0.2) is 24.3 Å². The van der Waals surface area contributed by atoms with E-state index in [0.29, 0.717) is 6.61 Å². The minimum absolute atomic E-state index is 0.0533. The van der Waals surface area contributed by atoms with Crippen molar-refractivity contribution in [1.29, 1.82) is 0 Å². The lowest BCUT2D eigenvalue weighted by molar-refractivity contribution is 0.122. The summed E-state index contributed by atoms with van der Waals surface area (Å²) in [5, 5.41) is 0. The van der Waals surface area contributed by atoms with Crippen molar-refractivity contribution >= 4 is 11.3 Å². The predicted octanol–water partition coefficient (Wildman–Crippen LogP) is 4.15. The van der Waals surface area contributed by atoms with E-state index in [1.807, 2.05) is 6.92 Å². The van der Waals surface area contributed by atoms with Crippen LogP contribution in [0.3, 0.4) is 0 Å². The molecule has 3 rings (SSSR count). The summed E-state index contributed by atoms with van der Waals surface area (Å²) < 4.78 is 24.3. The first-order valence-corrected chi connectivity index (χ1v) is 6.59. The van der Waals surface area contributed by atoms with Crippen LogP contribution in [0.2, 0.25) is 0 Å². The fourth-order valence-electron chi connectivity index (χ4n) is 2.06. The lowest BCUT2D eigenvalue weighted by atomic mass is 10.1. The summed E-state index contributed by atoms with van der Waals surface area (Å²) in [6.07, 6.45) is 0.0533. The van der Waals surface area contributed by atoms with Gasteiger partial charge in [-0.2, -0.15) is 0 Å². The summed E-state index contributed by atoms with van der Waals surface area (Å²) in [5.41, 5.74) is 1.95. The number of benzene rings is 1. The van der Waals surface area contributed by atoms with Crippen LogP contribution in [-0.4, -0.2) is 7.11 Å². The maximum absolute atomic E-state index is 13.3. The van der Waals surface area contributed by atoms with Crippen LogP contribution in [0.1, 0.15) is 23.5 Å². The second kappa shape index (κ2) is 4.37. The van der Waals surface area contributed by atoms with Gasteiger partial charge in [-0.05, 0) is 31.2 Å². The summed E-state index contributed by atoms with van der Waals surface area (Å²) in [7, 11) is 1.69. The molecule has 0 spiro atoms. The minimum Gasteiger partial charge on any atom is -0.488 e. The third-order valence-electron chi connectivity index (χ3n) is 3.15. The topological polar surface area (TPSA) is 18.5 Å². The Labute approximate surface area is 109 Å². The highest BCUT2D eigenvalue weighted by Gasteiger charge is 2.22. The average Bonchev–Trinajstić information content (AvgIpc) is 2.82. The molecule has 1 aliphatic heterocycles. The summed E-state index contributed by atoms with van der Waals surface area (Å²) in [5.74, 6) is 0.516. The molecule has 1 aromatic heterocycles. The van der Waals surface area contributed by atoms with Gasteiger partial charge in [0.1, 0.15) is 18.2 Å². The summed E-state index contributed by atoms with van der Waals surface area (Å²) in [6.45, 7) is 2.55. The second-order valence-corrected chi connectivity index (χ2v) is 5.39. The highest BCUT2D eigenvalue weighted by molar-refractivity contribution is 7.15. The molecule has 2 nitrogen and oxygen atoms in total. The second-order valence-electron chi connectivity index (χ2n) is 4.31. The van der Waals surface area contributed by atoms with Crippen molar-refractivity contribution in [3.05, 3.63) is 40.5 Å². The number of halogens is 1. The van der Waals surface area contributed by atoms with Gasteiger partial charge in [0.05, 0.1) is 6.10 Å². The van der Waals surface area contributed by atoms with Gasteiger partial charge in [0, 0.05) is 28.0 Å². The minimum atomic E-state index is -0.236. The van der Waals surface area contributed by atoms with Gasteiger partial charge in [-0.15, -0.1) is 11.3 Å². The fourth-order valence-corrected chi connectivity index (χ4v) is 3.28. The third kappa shape index (κ3) is 1.82. The van der Waals surface area contributed by atoms with E-state index in [1.54, 1.807) is 24.5 Å². The number of hydrogen-bond acceptors (Lipinski definition) is 3. The van der Waals surface area contributed by atoms with Gasteiger partial charge in [0.25, 0.3) is 0 Å². The van der Waals surface area contributed by atoms with Crippen molar-refractivity contribution in [2.24, 2.45) is 0 Å². The largest absolute Gasteiger partial charge is 0.488 e. The first kappa shape index (κ1) is 11.7. The van der Waals surface area contributed by atoms with Crippen molar-refractivity contribution in [3.63, 3.8) is 0 Å². The first-order valence-electron chi connectivity index (χ1n) is 5.77. The zero-order valence-corrected chi connectivity index (χ0v) is 11.0. The lowest BCUT2D eigenvalue weighted by Gasteiger charge is -2.17. The molecule has 1 unspecified atom stereocenters. The smallest absolute Gasteiger partial charge is 0.128 e. The van der Waals surface area contributed by atoms with E-state index in [2.05, 4.69) is 6.07 Å². The van der Waals surface area contributed by atoms with E-state index in [4.69, 9.17) is 9.47 Å². The van der Waals surface area contributed by atoms with E-state index >= 15 is 0 Å². The van der Waals surface area contributed by atoms with E-state index in [1.165, 1.54) is 12.1 Å². The summed E-state index contributed by atoms with van der Waals surface area (Å²) >= 11 is 1.65. The highest BCUT2D eigenvalue weighted by atomic mass is 32.1. The van der Waals surface area contributed by atoms with Gasteiger partial charge in [0.15, 0.2) is 0 Å². The number of fused-ring (bicyclic) bond motifs is 3. The number of methoxy groups -OCH3 is 1.